The molecule has 0 fully saturated rings. The van der Waals surface area contributed by atoms with Crippen molar-refractivity contribution in [3.8, 4) is 0 Å². The first-order chi connectivity index (χ1) is 11.8. The fourth-order valence-corrected chi connectivity index (χ4v) is 2.56. The molecule has 0 atom stereocenters. The van der Waals surface area contributed by atoms with Crippen LogP contribution in [0.15, 0.2) is 54.6 Å². The zero-order valence-electron chi connectivity index (χ0n) is 14.7. The lowest BCUT2D eigenvalue weighted by Gasteiger charge is -2.35. The number of nitrogens with zero attached hydrogens (tertiary/aromatic N) is 1. The summed E-state index contributed by atoms with van der Waals surface area (Å²) in [5.41, 5.74) is 0.952. The van der Waals surface area contributed by atoms with E-state index >= 15 is 0 Å². The average Bonchev–Trinajstić information content (AvgIpc) is 2.57. The van der Waals surface area contributed by atoms with Gasteiger partial charge in [-0.2, -0.15) is 0 Å². The number of amides is 1. The summed E-state index contributed by atoms with van der Waals surface area (Å²) in [5, 5.41) is 0.446. The zero-order valence-corrected chi connectivity index (χ0v) is 15.4. The van der Waals surface area contributed by atoms with Gasteiger partial charge < -0.3 is 9.64 Å². The molecule has 5 heteroatoms. The van der Waals surface area contributed by atoms with E-state index in [0.29, 0.717) is 17.1 Å². The van der Waals surface area contributed by atoms with Gasteiger partial charge in [-0.15, -0.1) is 0 Å². The van der Waals surface area contributed by atoms with Crippen molar-refractivity contribution in [1.29, 1.82) is 0 Å². The van der Waals surface area contributed by atoms with Gasteiger partial charge in [0.15, 0.2) is 6.61 Å². The summed E-state index contributed by atoms with van der Waals surface area (Å²) in [5.74, 6) is -0.809. The van der Waals surface area contributed by atoms with Crippen molar-refractivity contribution < 1.29 is 14.3 Å². The number of halogens is 1. The lowest BCUT2D eigenvalue weighted by molar-refractivity contribution is -0.140. The number of rotatable bonds is 5. The van der Waals surface area contributed by atoms with Crippen LogP contribution in [0, 0.1) is 0 Å². The smallest absolute Gasteiger partial charge is 0.338 e. The van der Waals surface area contributed by atoms with Crippen LogP contribution >= 0.6 is 11.6 Å². The Morgan fingerprint density at radius 3 is 2.32 bits per heavy atom. The minimum atomic E-state index is -0.565. The normalized spacial score (nSPS) is 11.0. The van der Waals surface area contributed by atoms with Gasteiger partial charge in [0.2, 0.25) is 0 Å². The average molecular weight is 360 g/mol. The number of ether oxygens (including phenoxy) is 1. The third-order valence-corrected chi connectivity index (χ3v) is 3.92. The fraction of sp³-hybridized carbons (Fsp3) is 0.300. The second-order valence-electron chi connectivity index (χ2n) is 6.72. The lowest BCUT2D eigenvalue weighted by Crippen LogP contribution is -2.46. The van der Waals surface area contributed by atoms with Crippen LogP contribution in [0.3, 0.4) is 0 Å². The van der Waals surface area contributed by atoms with Crippen LogP contribution in [0.25, 0.3) is 0 Å². The number of carbonyl (C=O) groups excluding carboxylic acids is 2. The monoisotopic (exact) mass is 359 g/mol. The van der Waals surface area contributed by atoms with Crippen molar-refractivity contribution >= 4 is 23.5 Å². The Morgan fingerprint density at radius 1 is 1.04 bits per heavy atom. The summed E-state index contributed by atoms with van der Waals surface area (Å²) in [7, 11) is 0. The van der Waals surface area contributed by atoms with Gasteiger partial charge in [-0.05, 0) is 44.5 Å². The topological polar surface area (TPSA) is 46.6 Å². The van der Waals surface area contributed by atoms with E-state index in [9.17, 15) is 9.59 Å². The second kappa shape index (κ2) is 8.17. The highest BCUT2D eigenvalue weighted by molar-refractivity contribution is 6.30. The molecule has 0 spiro atoms. The minimum absolute atomic E-state index is 0.244. The molecule has 2 aromatic rings. The predicted molar refractivity (Wildman–Crippen MR) is 98.5 cm³/mol. The SMILES string of the molecule is CC(C)(C)N(Cc1ccccc1)C(=O)COC(=O)c1cccc(Cl)c1. The van der Waals surface area contributed by atoms with Crippen LogP contribution in [0.5, 0.6) is 0 Å². The summed E-state index contributed by atoms with van der Waals surface area (Å²) in [6, 6.07) is 16.2. The van der Waals surface area contributed by atoms with Gasteiger partial charge in [0, 0.05) is 17.1 Å². The Kier molecular flexibility index (Phi) is 6.21. The maximum Gasteiger partial charge on any atom is 0.338 e. The Balaban J connectivity index is 2.03. The molecule has 0 N–H and O–H groups in total. The number of esters is 1. The number of hydrogen-bond donors (Lipinski definition) is 0. The van der Waals surface area contributed by atoms with E-state index < -0.39 is 11.5 Å². The molecule has 0 saturated heterocycles. The molecule has 0 aliphatic rings. The first-order valence-electron chi connectivity index (χ1n) is 8.04. The molecule has 0 saturated carbocycles. The van der Waals surface area contributed by atoms with Crippen molar-refractivity contribution in [1.82, 2.24) is 4.90 Å². The molecule has 2 rings (SSSR count). The number of benzene rings is 2. The zero-order chi connectivity index (χ0) is 18.4. The maximum absolute atomic E-state index is 12.6. The van der Waals surface area contributed by atoms with Crippen LogP contribution in [-0.4, -0.2) is 28.9 Å². The summed E-state index contributed by atoms with van der Waals surface area (Å²) in [4.78, 5) is 26.4. The molecule has 4 nitrogen and oxygen atoms in total. The Labute approximate surface area is 153 Å². The van der Waals surface area contributed by atoms with Gasteiger partial charge in [-0.3, -0.25) is 4.79 Å². The molecule has 2 aromatic carbocycles. The van der Waals surface area contributed by atoms with E-state index in [1.54, 1.807) is 23.1 Å². The second-order valence-corrected chi connectivity index (χ2v) is 7.16. The molecule has 25 heavy (non-hydrogen) atoms. The van der Waals surface area contributed by atoms with E-state index in [4.69, 9.17) is 16.3 Å². The molecule has 0 heterocycles. The summed E-state index contributed by atoms with van der Waals surface area (Å²) in [6.45, 7) is 6.00. The standard InChI is InChI=1S/C20H22ClNO3/c1-20(2,3)22(13-15-8-5-4-6-9-15)18(23)14-25-19(24)16-10-7-11-17(21)12-16/h4-12H,13-14H2,1-3H3. The first-order valence-corrected chi connectivity index (χ1v) is 8.42. The molecule has 0 bridgehead atoms. The van der Waals surface area contributed by atoms with E-state index in [1.807, 2.05) is 51.1 Å². The molecule has 0 aliphatic heterocycles. The summed E-state index contributed by atoms with van der Waals surface area (Å²) >= 11 is 5.87. The minimum Gasteiger partial charge on any atom is -0.452 e. The van der Waals surface area contributed by atoms with Crippen LogP contribution in [0.1, 0.15) is 36.7 Å². The molecule has 0 radical (unpaired) electrons. The lowest BCUT2D eigenvalue weighted by atomic mass is 10.0. The van der Waals surface area contributed by atoms with E-state index in [1.165, 1.54) is 6.07 Å². The molecular formula is C20H22ClNO3. The first kappa shape index (κ1) is 19.0. The number of hydrogen-bond acceptors (Lipinski definition) is 3. The van der Waals surface area contributed by atoms with Gasteiger partial charge in [0.1, 0.15) is 0 Å². The third kappa shape index (κ3) is 5.61. The Hall–Kier alpha value is -2.33. The van der Waals surface area contributed by atoms with Crippen molar-refractivity contribution in [3.63, 3.8) is 0 Å². The van der Waals surface area contributed by atoms with Crippen LogP contribution < -0.4 is 0 Å². The van der Waals surface area contributed by atoms with Crippen molar-refractivity contribution in [2.75, 3.05) is 6.61 Å². The molecule has 1 amide bonds. The van der Waals surface area contributed by atoms with Gasteiger partial charge >= 0.3 is 5.97 Å². The highest BCUT2D eigenvalue weighted by Gasteiger charge is 2.27. The van der Waals surface area contributed by atoms with Crippen molar-refractivity contribution in [2.45, 2.75) is 32.9 Å². The Bertz CT molecular complexity index is 738. The molecular weight excluding hydrogens is 338 g/mol. The van der Waals surface area contributed by atoms with Crippen LogP contribution in [0.2, 0.25) is 5.02 Å². The largest absolute Gasteiger partial charge is 0.452 e. The van der Waals surface area contributed by atoms with Crippen LogP contribution in [-0.2, 0) is 16.1 Å². The quantitative estimate of drug-likeness (QED) is 0.747. The van der Waals surface area contributed by atoms with Gasteiger partial charge in [0.25, 0.3) is 5.91 Å². The maximum atomic E-state index is 12.6. The summed E-state index contributed by atoms with van der Waals surface area (Å²) < 4.78 is 5.17. The Morgan fingerprint density at radius 2 is 1.72 bits per heavy atom. The van der Waals surface area contributed by atoms with E-state index in [0.717, 1.165) is 5.56 Å². The van der Waals surface area contributed by atoms with Crippen molar-refractivity contribution in [3.05, 3.63) is 70.7 Å². The van der Waals surface area contributed by atoms with Crippen LogP contribution in [0.4, 0.5) is 0 Å². The fourth-order valence-electron chi connectivity index (χ4n) is 2.37. The van der Waals surface area contributed by atoms with Gasteiger partial charge in [0.05, 0.1) is 5.56 Å². The highest BCUT2D eigenvalue weighted by atomic mass is 35.5. The molecule has 0 unspecified atom stereocenters. The highest BCUT2D eigenvalue weighted by Crippen LogP contribution is 2.18. The van der Waals surface area contributed by atoms with Gasteiger partial charge in [-0.1, -0.05) is 48.0 Å². The van der Waals surface area contributed by atoms with Crippen molar-refractivity contribution in [2.24, 2.45) is 0 Å². The van der Waals surface area contributed by atoms with E-state index in [2.05, 4.69) is 0 Å². The molecule has 132 valence electrons. The third-order valence-electron chi connectivity index (χ3n) is 3.68. The van der Waals surface area contributed by atoms with E-state index in [-0.39, 0.29) is 12.5 Å². The molecule has 0 aliphatic carbocycles. The predicted octanol–water partition coefficient (Wildman–Crippen LogP) is 4.32. The molecule has 0 aromatic heterocycles. The summed E-state index contributed by atoms with van der Waals surface area (Å²) in [6.07, 6.45) is 0. The van der Waals surface area contributed by atoms with Gasteiger partial charge in [-0.25, -0.2) is 4.79 Å². The number of carbonyl (C=O) groups is 2.